The maximum absolute atomic E-state index is 11.4. The first kappa shape index (κ1) is 14.5. The molecule has 1 atom stereocenters. The average Bonchev–Trinajstić information content (AvgIpc) is 2.38. The average molecular weight is 270 g/mol. The second kappa shape index (κ2) is 7.68. The zero-order valence-corrected chi connectivity index (χ0v) is 10.8. The van der Waals surface area contributed by atoms with Crippen molar-refractivity contribution < 1.29 is 9.90 Å². The molecule has 0 aromatic heterocycles. The van der Waals surface area contributed by atoms with E-state index in [1.54, 1.807) is 12.1 Å². The van der Waals surface area contributed by atoms with Crippen molar-refractivity contribution in [2.75, 3.05) is 6.61 Å². The van der Waals surface area contributed by atoms with Crippen LogP contribution < -0.4 is 10.7 Å². The smallest absolute Gasteiger partial charge is 0.335 e. The molecule has 98 valence electrons. The molecule has 6 heteroatoms. The minimum Gasteiger partial charge on any atom is -0.394 e. The molecule has 0 saturated carbocycles. The van der Waals surface area contributed by atoms with E-state index in [1.807, 2.05) is 19.1 Å². The summed E-state index contributed by atoms with van der Waals surface area (Å²) in [4.78, 5) is 11.4. The highest BCUT2D eigenvalue weighted by atomic mass is 35.5. The van der Waals surface area contributed by atoms with Gasteiger partial charge in [0.05, 0.1) is 18.9 Å². The second-order valence-corrected chi connectivity index (χ2v) is 4.06. The third-order valence-electron chi connectivity index (χ3n) is 2.32. The molecular formula is C12H16ClN3O2. The van der Waals surface area contributed by atoms with Crippen LogP contribution in [0.1, 0.15) is 18.9 Å². The van der Waals surface area contributed by atoms with Crippen LogP contribution in [0.5, 0.6) is 0 Å². The fourth-order valence-corrected chi connectivity index (χ4v) is 1.42. The van der Waals surface area contributed by atoms with Crippen LogP contribution in [0, 0.1) is 0 Å². The molecule has 0 bridgehead atoms. The Morgan fingerprint density at radius 1 is 1.56 bits per heavy atom. The van der Waals surface area contributed by atoms with E-state index in [4.69, 9.17) is 16.7 Å². The van der Waals surface area contributed by atoms with Crippen molar-refractivity contribution in [3.8, 4) is 0 Å². The lowest BCUT2D eigenvalue weighted by molar-refractivity contribution is 0.215. The van der Waals surface area contributed by atoms with Crippen molar-refractivity contribution in [3.05, 3.63) is 34.9 Å². The summed E-state index contributed by atoms with van der Waals surface area (Å²) in [6.45, 7) is 1.77. The number of nitrogens with one attached hydrogen (secondary N) is 2. The van der Waals surface area contributed by atoms with E-state index in [1.165, 1.54) is 6.21 Å². The number of rotatable bonds is 5. The van der Waals surface area contributed by atoms with E-state index >= 15 is 0 Å². The van der Waals surface area contributed by atoms with Gasteiger partial charge in [-0.2, -0.15) is 5.10 Å². The molecule has 2 amide bonds. The van der Waals surface area contributed by atoms with Gasteiger partial charge in [0.2, 0.25) is 0 Å². The van der Waals surface area contributed by atoms with Gasteiger partial charge in [0.25, 0.3) is 0 Å². The van der Waals surface area contributed by atoms with E-state index in [-0.39, 0.29) is 12.6 Å². The summed E-state index contributed by atoms with van der Waals surface area (Å²) >= 11 is 5.92. The molecule has 0 aliphatic carbocycles. The Bertz CT molecular complexity index is 420. The van der Waals surface area contributed by atoms with Gasteiger partial charge >= 0.3 is 6.03 Å². The first-order chi connectivity index (χ1) is 8.67. The number of hydrogen-bond acceptors (Lipinski definition) is 3. The molecule has 0 heterocycles. The Balaban J connectivity index is 2.45. The van der Waals surface area contributed by atoms with Crippen molar-refractivity contribution in [1.29, 1.82) is 0 Å². The molecule has 1 aromatic carbocycles. The van der Waals surface area contributed by atoms with Crippen molar-refractivity contribution in [3.63, 3.8) is 0 Å². The third kappa shape index (κ3) is 4.73. The van der Waals surface area contributed by atoms with Gasteiger partial charge in [-0.1, -0.05) is 36.7 Å². The summed E-state index contributed by atoms with van der Waals surface area (Å²) in [5.41, 5.74) is 3.02. The van der Waals surface area contributed by atoms with E-state index in [0.717, 1.165) is 0 Å². The number of halogens is 1. The number of carbonyl (C=O) groups is 1. The molecule has 3 N–H and O–H groups in total. The second-order valence-electron chi connectivity index (χ2n) is 3.65. The summed E-state index contributed by atoms with van der Waals surface area (Å²) in [6, 6.07) is 6.44. The van der Waals surface area contributed by atoms with Gasteiger partial charge in [0.15, 0.2) is 0 Å². The topological polar surface area (TPSA) is 73.7 Å². The van der Waals surface area contributed by atoms with Gasteiger partial charge in [0, 0.05) is 10.6 Å². The number of aliphatic hydroxyl groups excluding tert-OH is 1. The maximum Gasteiger partial charge on any atom is 0.335 e. The minimum atomic E-state index is -0.459. The lowest BCUT2D eigenvalue weighted by atomic mass is 10.2. The number of aliphatic hydroxyl groups is 1. The summed E-state index contributed by atoms with van der Waals surface area (Å²) < 4.78 is 0. The monoisotopic (exact) mass is 269 g/mol. The normalized spacial score (nSPS) is 12.4. The van der Waals surface area contributed by atoms with Gasteiger partial charge in [-0.25, -0.2) is 10.2 Å². The predicted octanol–water partition coefficient (Wildman–Crippen LogP) is 1.74. The fraction of sp³-hybridized carbons (Fsp3) is 0.333. The van der Waals surface area contributed by atoms with Gasteiger partial charge in [0.1, 0.15) is 0 Å². The number of benzene rings is 1. The Morgan fingerprint density at radius 2 is 2.28 bits per heavy atom. The lowest BCUT2D eigenvalue weighted by Crippen LogP contribution is -2.41. The Hall–Kier alpha value is -1.59. The first-order valence-electron chi connectivity index (χ1n) is 5.62. The highest BCUT2D eigenvalue weighted by Gasteiger charge is 2.07. The summed E-state index contributed by atoms with van der Waals surface area (Å²) in [7, 11) is 0. The number of hydrogen-bond donors (Lipinski definition) is 3. The van der Waals surface area contributed by atoms with Gasteiger partial charge in [-0.15, -0.1) is 0 Å². The van der Waals surface area contributed by atoms with Crippen LogP contribution in [-0.2, 0) is 0 Å². The van der Waals surface area contributed by atoms with E-state index < -0.39 is 6.03 Å². The van der Waals surface area contributed by atoms with Crippen molar-refractivity contribution in [2.45, 2.75) is 19.4 Å². The quantitative estimate of drug-likeness (QED) is 0.563. The molecule has 18 heavy (non-hydrogen) atoms. The molecule has 5 nitrogen and oxygen atoms in total. The SMILES string of the molecule is CC[C@H](CO)NC(=O)N/N=C\c1ccccc1Cl. The number of carbonyl (C=O) groups excluding carboxylic acids is 1. The molecule has 0 radical (unpaired) electrons. The molecule has 0 spiro atoms. The van der Waals surface area contributed by atoms with Gasteiger partial charge in [-0.05, 0) is 12.5 Å². The van der Waals surface area contributed by atoms with Crippen molar-refractivity contribution in [1.82, 2.24) is 10.7 Å². The molecule has 1 aromatic rings. The largest absolute Gasteiger partial charge is 0.394 e. The number of urea groups is 1. The highest BCUT2D eigenvalue weighted by molar-refractivity contribution is 6.33. The van der Waals surface area contributed by atoms with Crippen molar-refractivity contribution >= 4 is 23.8 Å². The van der Waals surface area contributed by atoms with Crippen LogP contribution in [0.4, 0.5) is 4.79 Å². The molecule has 0 aliphatic rings. The fourth-order valence-electron chi connectivity index (χ4n) is 1.23. The third-order valence-corrected chi connectivity index (χ3v) is 2.67. The highest BCUT2D eigenvalue weighted by Crippen LogP contribution is 2.11. The van der Waals surface area contributed by atoms with Crippen LogP contribution >= 0.6 is 11.6 Å². The van der Waals surface area contributed by atoms with Crippen LogP contribution in [0.25, 0.3) is 0 Å². The minimum absolute atomic E-state index is 0.0991. The lowest BCUT2D eigenvalue weighted by Gasteiger charge is -2.12. The summed E-state index contributed by atoms with van der Waals surface area (Å²) in [5, 5.41) is 15.8. The van der Waals surface area contributed by atoms with Crippen molar-refractivity contribution in [2.24, 2.45) is 5.10 Å². The standard InChI is InChI=1S/C12H16ClN3O2/c1-2-10(8-17)15-12(18)16-14-7-9-5-3-4-6-11(9)13/h3-7,10,17H,2,8H2,1H3,(H2,15,16,18)/b14-7-/t10-/m1/s1. The molecule has 1 rings (SSSR count). The van der Waals surface area contributed by atoms with E-state index in [2.05, 4.69) is 15.8 Å². The summed E-state index contributed by atoms with van der Waals surface area (Å²) in [5.74, 6) is 0. The Morgan fingerprint density at radius 3 is 2.89 bits per heavy atom. The number of nitrogens with zero attached hydrogens (tertiary/aromatic N) is 1. The molecular weight excluding hydrogens is 254 g/mol. The summed E-state index contributed by atoms with van der Waals surface area (Å²) in [6.07, 6.45) is 2.11. The molecule has 0 saturated heterocycles. The van der Waals surface area contributed by atoms with E-state index in [0.29, 0.717) is 17.0 Å². The predicted molar refractivity (Wildman–Crippen MR) is 71.9 cm³/mol. The van der Waals surface area contributed by atoms with E-state index in [9.17, 15) is 4.79 Å². The number of hydrazone groups is 1. The van der Waals surface area contributed by atoms with Crippen LogP contribution in [-0.4, -0.2) is 30.0 Å². The van der Waals surface area contributed by atoms with Crippen LogP contribution in [0.2, 0.25) is 5.02 Å². The van der Waals surface area contributed by atoms with Gasteiger partial charge in [-0.3, -0.25) is 0 Å². The van der Waals surface area contributed by atoms with Gasteiger partial charge < -0.3 is 10.4 Å². The van der Waals surface area contributed by atoms with Crippen LogP contribution in [0.3, 0.4) is 0 Å². The zero-order chi connectivity index (χ0) is 13.4. The molecule has 0 aliphatic heterocycles. The maximum atomic E-state index is 11.4. The molecule has 0 unspecified atom stereocenters. The molecule has 0 fully saturated rings. The Labute approximate surface area is 111 Å². The Kier molecular flexibility index (Phi) is 6.18. The first-order valence-corrected chi connectivity index (χ1v) is 6.00. The number of amides is 2. The van der Waals surface area contributed by atoms with Crippen LogP contribution in [0.15, 0.2) is 29.4 Å². The zero-order valence-electron chi connectivity index (χ0n) is 10.1.